The Morgan fingerprint density at radius 3 is 2.45 bits per heavy atom. The van der Waals surface area contributed by atoms with E-state index in [1.807, 2.05) is 6.07 Å². The van der Waals surface area contributed by atoms with E-state index in [9.17, 15) is 9.59 Å². The summed E-state index contributed by atoms with van der Waals surface area (Å²) >= 11 is 0. The third-order valence-corrected chi connectivity index (χ3v) is 7.05. The van der Waals surface area contributed by atoms with Crippen molar-refractivity contribution in [2.45, 2.75) is 37.1 Å². The Morgan fingerprint density at radius 2 is 1.79 bits per heavy atom. The average Bonchev–Trinajstić information content (AvgIpc) is 3.45. The van der Waals surface area contributed by atoms with Gasteiger partial charge in [-0.3, -0.25) is 9.59 Å². The maximum Gasteiger partial charge on any atom is 0.254 e. The van der Waals surface area contributed by atoms with Crippen molar-refractivity contribution in [3.63, 3.8) is 0 Å². The summed E-state index contributed by atoms with van der Waals surface area (Å²) in [5, 5.41) is 6.43. The van der Waals surface area contributed by atoms with Gasteiger partial charge in [0.1, 0.15) is 6.61 Å². The molecule has 1 aromatic rings. The summed E-state index contributed by atoms with van der Waals surface area (Å²) in [5.41, 5.74) is 0.766. The highest BCUT2D eigenvalue weighted by atomic mass is 16.5. The van der Waals surface area contributed by atoms with Crippen molar-refractivity contribution in [2.24, 2.45) is 11.8 Å². The average molecular weight is 401 g/mol. The Kier molecular flexibility index (Phi) is 4.63. The number of hydrogen-bond donors (Lipinski definition) is 2. The van der Waals surface area contributed by atoms with E-state index in [1.54, 1.807) is 26.4 Å². The summed E-state index contributed by atoms with van der Waals surface area (Å²) in [4.78, 5) is 27.8. The first-order chi connectivity index (χ1) is 14.1. The molecule has 4 aliphatic heterocycles. The number of benzene rings is 1. The molecule has 156 valence electrons. The largest absolute Gasteiger partial charge is 0.493 e. The van der Waals surface area contributed by atoms with E-state index in [2.05, 4.69) is 15.5 Å². The van der Waals surface area contributed by atoms with Crippen LogP contribution in [0.15, 0.2) is 18.2 Å². The van der Waals surface area contributed by atoms with Crippen molar-refractivity contribution in [1.82, 2.24) is 15.5 Å². The lowest BCUT2D eigenvalue weighted by Gasteiger charge is -2.36. The van der Waals surface area contributed by atoms with Gasteiger partial charge in [0.2, 0.25) is 5.91 Å². The van der Waals surface area contributed by atoms with Crippen LogP contribution in [0.5, 0.6) is 11.5 Å². The van der Waals surface area contributed by atoms with Gasteiger partial charge in [0.15, 0.2) is 17.6 Å². The molecule has 0 aliphatic carbocycles. The number of nitrogens with zero attached hydrogens (tertiary/aromatic N) is 1. The molecule has 2 N–H and O–H groups in total. The van der Waals surface area contributed by atoms with Gasteiger partial charge in [-0.1, -0.05) is 6.07 Å². The van der Waals surface area contributed by atoms with E-state index in [1.165, 1.54) is 0 Å². The Labute approximate surface area is 169 Å². The molecule has 8 heteroatoms. The third-order valence-electron chi connectivity index (χ3n) is 7.05. The third kappa shape index (κ3) is 2.88. The Balaban J connectivity index is 1.44. The lowest BCUT2D eigenvalue weighted by molar-refractivity contribution is -0.156. The van der Waals surface area contributed by atoms with Crippen molar-refractivity contribution in [3.05, 3.63) is 23.8 Å². The van der Waals surface area contributed by atoms with Crippen molar-refractivity contribution in [1.29, 1.82) is 0 Å². The van der Waals surface area contributed by atoms with E-state index < -0.39 is 12.1 Å². The second-order valence-corrected chi connectivity index (χ2v) is 8.33. The number of rotatable bonds is 4. The molecule has 1 aromatic carbocycles. The van der Waals surface area contributed by atoms with Gasteiger partial charge in [0, 0.05) is 25.2 Å². The lowest BCUT2D eigenvalue weighted by atomic mass is 9.82. The fourth-order valence-corrected chi connectivity index (χ4v) is 5.81. The van der Waals surface area contributed by atoms with Gasteiger partial charge in [-0.2, -0.15) is 0 Å². The lowest BCUT2D eigenvalue weighted by Crippen LogP contribution is -2.55. The van der Waals surface area contributed by atoms with Crippen LogP contribution in [0.2, 0.25) is 0 Å². The molecule has 4 heterocycles. The molecule has 0 saturated carbocycles. The normalized spacial score (nSPS) is 35.4. The molecule has 8 nitrogen and oxygen atoms in total. The van der Waals surface area contributed by atoms with Gasteiger partial charge >= 0.3 is 0 Å². The van der Waals surface area contributed by atoms with Crippen LogP contribution in [-0.4, -0.2) is 68.8 Å². The Hall–Kier alpha value is -2.32. The van der Waals surface area contributed by atoms with Gasteiger partial charge in [-0.15, -0.1) is 0 Å². The smallest absolute Gasteiger partial charge is 0.254 e. The summed E-state index contributed by atoms with van der Waals surface area (Å²) in [6.07, 6.45) is 1.37. The molecule has 6 atom stereocenters. The van der Waals surface area contributed by atoms with E-state index in [4.69, 9.17) is 14.2 Å². The topological polar surface area (TPSA) is 89.1 Å². The van der Waals surface area contributed by atoms with Crippen molar-refractivity contribution >= 4 is 11.8 Å². The van der Waals surface area contributed by atoms with Gasteiger partial charge in [0.25, 0.3) is 5.91 Å². The van der Waals surface area contributed by atoms with Crippen LogP contribution in [0, 0.1) is 11.8 Å². The minimum absolute atomic E-state index is 0.00770. The number of carbonyl (C=O) groups excluding carboxylic acids is 2. The van der Waals surface area contributed by atoms with E-state index >= 15 is 0 Å². The maximum atomic E-state index is 13.6. The fourth-order valence-electron chi connectivity index (χ4n) is 5.81. The first kappa shape index (κ1) is 18.7. The summed E-state index contributed by atoms with van der Waals surface area (Å²) in [6, 6.07) is 5.43. The molecule has 0 aromatic heterocycles. The second kappa shape index (κ2) is 7.18. The molecule has 0 unspecified atom stereocenters. The predicted molar refractivity (Wildman–Crippen MR) is 104 cm³/mol. The number of nitrogens with one attached hydrogen (secondary N) is 2. The van der Waals surface area contributed by atoms with Gasteiger partial charge in [-0.25, -0.2) is 0 Å². The van der Waals surface area contributed by atoms with Crippen LogP contribution in [0.1, 0.15) is 24.4 Å². The number of fused-ring (bicyclic) bond motifs is 5. The molecule has 4 aliphatic rings. The zero-order valence-corrected chi connectivity index (χ0v) is 16.7. The minimum Gasteiger partial charge on any atom is -0.493 e. The molecular formula is C21H27N3O5. The van der Waals surface area contributed by atoms with Crippen molar-refractivity contribution in [2.75, 3.05) is 33.9 Å². The van der Waals surface area contributed by atoms with Gasteiger partial charge < -0.3 is 29.7 Å². The number of hydrogen-bond acceptors (Lipinski definition) is 6. The molecule has 2 bridgehead atoms. The van der Waals surface area contributed by atoms with Crippen LogP contribution < -0.4 is 20.1 Å². The van der Waals surface area contributed by atoms with Crippen molar-refractivity contribution in [3.8, 4) is 11.5 Å². The highest BCUT2D eigenvalue weighted by molar-refractivity contribution is 5.87. The van der Waals surface area contributed by atoms with E-state index in [0.717, 1.165) is 31.5 Å². The van der Waals surface area contributed by atoms with Crippen LogP contribution in [-0.2, 0) is 14.3 Å². The van der Waals surface area contributed by atoms with Crippen LogP contribution >= 0.6 is 0 Å². The Bertz CT molecular complexity index is 813. The van der Waals surface area contributed by atoms with Crippen LogP contribution in [0.4, 0.5) is 0 Å². The molecule has 29 heavy (non-hydrogen) atoms. The first-order valence-corrected chi connectivity index (χ1v) is 10.3. The monoisotopic (exact) mass is 401 g/mol. The first-order valence-electron chi connectivity index (χ1n) is 10.3. The van der Waals surface area contributed by atoms with Gasteiger partial charge in [-0.05, 0) is 42.4 Å². The number of carbonyl (C=O) groups is 2. The van der Waals surface area contributed by atoms with Gasteiger partial charge in [0.05, 0.1) is 20.3 Å². The van der Waals surface area contributed by atoms with Crippen LogP contribution in [0.25, 0.3) is 0 Å². The predicted octanol–water partition coefficient (Wildman–Crippen LogP) is 0.469. The summed E-state index contributed by atoms with van der Waals surface area (Å²) in [5.74, 6) is 2.00. The molecular weight excluding hydrogens is 374 g/mol. The quantitative estimate of drug-likeness (QED) is 0.763. The molecule has 4 saturated heterocycles. The van der Waals surface area contributed by atoms with E-state index in [-0.39, 0.29) is 30.5 Å². The zero-order valence-electron chi connectivity index (χ0n) is 16.7. The standard InChI is InChI=1S/C21H27N3O5/c1-27-16-6-3-11(7-17(16)28-2)19-20(29-10-18(25)23-19)21(26)24-14-4-5-15(24)13-9-22-8-12(13)14/h3,6-7,12-15,19-20,22H,4-5,8-10H2,1-2H3,(H,23,25)/t12-,13+,14-,15+,19-,20+/m1/s1. The molecule has 2 amide bonds. The molecule has 4 fully saturated rings. The van der Waals surface area contributed by atoms with Crippen molar-refractivity contribution < 1.29 is 23.8 Å². The Morgan fingerprint density at radius 1 is 1.10 bits per heavy atom. The highest BCUT2D eigenvalue weighted by Crippen LogP contribution is 2.48. The second-order valence-electron chi connectivity index (χ2n) is 8.33. The molecule has 5 rings (SSSR count). The fraction of sp³-hybridized carbons (Fsp3) is 0.619. The summed E-state index contributed by atoms with van der Waals surface area (Å²) in [7, 11) is 3.14. The summed E-state index contributed by atoms with van der Waals surface area (Å²) < 4.78 is 16.5. The zero-order chi connectivity index (χ0) is 20.1. The molecule has 0 radical (unpaired) electrons. The number of ether oxygens (including phenoxy) is 3. The maximum absolute atomic E-state index is 13.6. The van der Waals surface area contributed by atoms with E-state index in [0.29, 0.717) is 23.3 Å². The number of morpholine rings is 1. The minimum atomic E-state index is -0.735. The number of methoxy groups -OCH3 is 2. The highest BCUT2D eigenvalue weighted by Gasteiger charge is 2.58. The molecule has 0 spiro atoms. The SMILES string of the molecule is COc1ccc([C@H]2NC(=O)CO[C@@H]2C(=O)N2[C@@H]3CC[C@H]2[C@H]2CNC[C@H]23)cc1OC. The van der Waals surface area contributed by atoms with Crippen LogP contribution in [0.3, 0.4) is 0 Å². The number of amides is 2. The summed E-state index contributed by atoms with van der Waals surface area (Å²) in [6.45, 7) is 1.87.